The molecule has 9 heteroatoms. The molecule has 2 N–H and O–H groups in total. The molecule has 1 aliphatic heterocycles. The van der Waals surface area contributed by atoms with Crippen LogP contribution in [0.15, 0.2) is 66.7 Å². The summed E-state index contributed by atoms with van der Waals surface area (Å²) in [7, 11) is 0. The number of hydrogen-bond donors (Lipinski definition) is 2. The van der Waals surface area contributed by atoms with Crippen LogP contribution in [0.5, 0.6) is 0 Å². The summed E-state index contributed by atoms with van der Waals surface area (Å²) in [5, 5.41) is 11.3. The first-order chi connectivity index (χ1) is 17.0. The van der Waals surface area contributed by atoms with Crippen molar-refractivity contribution in [2.45, 2.75) is 12.0 Å². The van der Waals surface area contributed by atoms with Crippen molar-refractivity contribution in [3.63, 3.8) is 0 Å². The van der Waals surface area contributed by atoms with Gasteiger partial charge in [-0.05, 0) is 34.4 Å². The van der Waals surface area contributed by atoms with E-state index in [4.69, 9.17) is 14.6 Å². The van der Waals surface area contributed by atoms with Crippen molar-refractivity contribution in [2.24, 2.45) is 0 Å². The third kappa shape index (κ3) is 4.71. The molecule has 1 aliphatic carbocycles. The van der Waals surface area contributed by atoms with E-state index in [2.05, 4.69) is 22.4 Å². The van der Waals surface area contributed by atoms with Crippen LogP contribution in [0, 0.1) is 0 Å². The highest BCUT2D eigenvalue weighted by molar-refractivity contribution is 5.94. The lowest BCUT2D eigenvalue weighted by molar-refractivity contribution is -0.147. The number of anilines is 1. The second-order valence-corrected chi connectivity index (χ2v) is 8.40. The highest BCUT2D eigenvalue weighted by Crippen LogP contribution is 2.44. The van der Waals surface area contributed by atoms with Crippen LogP contribution in [0.4, 0.5) is 10.6 Å². The van der Waals surface area contributed by atoms with Gasteiger partial charge in [-0.2, -0.15) is 0 Å². The molecule has 0 atom stereocenters. The molecule has 0 spiro atoms. The summed E-state index contributed by atoms with van der Waals surface area (Å²) < 4.78 is 10.7. The molecule has 3 aromatic rings. The third-order valence-corrected chi connectivity index (χ3v) is 6.12. The van der Waals surface area contributed by atoms with E-state index in [1.165, 1.54) is 4.90 Å². The Hall–Kier alpha value is -4.24. The summed E-state index contributed by atoms with van der Waals surface area (Å²) in [6.07, 6.45) is -0.966. The van der Waals surface area contributed by atoms with Crippen molar-refractivity contribution >= 4 is 23.8 Å². The minimum absolute atomic E-state index is 0.0586. The van der Waals surface area contributed by atoms with Crippen LogP contribution in [0.3, 0.4) is 0 Å². The Morgan fingerprint density at radius 3 is 2.26 bits per heavy atom. The number of rotatable bonds is 7. The normalized spacial score (nSPS) is 14.6. The molecule has 0 bridgehead atoms. The molecule has 9 nitrogen and oxygen atoms in total. The summed E-state index contributed by atoms with van der Waals surface area (Å²) in [5.41, 5.74) is 4.69. The smallest absolute Gasteiger partial charge is 0.412 e. The predicted molar refractivity (Wildman–Crippen MR) is 126 cm³/mol. The molecule has 35 heavy (non-hydrogen) atoms. The van der Waals surface area contributed by atoms with Gasteiger partial charge in [0.05, 0.1) is 6.10 Å². The van der Waals surface area contributed by atoms with Crippen molar-refractivity contribution in [1.29, 1.82) is 0 Å². The van der Waals surface area contributed by atoms with E-state index >= 15 is 0 Å². The molecule has 2 amide bonds. The van der Waals surface area contributed by atoms with Gasteiger partial charge in [0.2, 0.25) is 0 Å². The number of hydrogen-bond acceptors (Lipinski definition) is 6. The number of ether oxygens (including phenoxy) is 2. The standard InChI is InChI=1S/C26H23N3O6/c30-24(31)15-34-16-12-29(13-16)25(32)22-10-5-11-23(27-22)28-26(33)35-14-21-19-8-3-1-6-17(19)18-7-2-4-9-20(18)21/h1-11,16,21H,12-15H2,(H,30,31)(H,27,28,33). The molecule has 0 unspecified atom stereocenters. The number of carbonyl (C=O) groups is 3. The van der Waals surface area contributed by atoms with Crippen LogP contribution in [-0.4, -0.2) is 65.4 Å². The van der Waals surface area contributed by atoms with Crippen molar-refractivity contribution in [3.05, 3.63) is 83.6 Å². The molecule has 0 saturated carbocycles. The molecule has 178 valence electrons. The van der Waals surface area contributed by atoms with Gasteiger partial charge in [-0.25, -0.2) is 14.6 Å². The first-order valence-electron chi connectivity index (χ1n) is 11.2. The first kappa shape index (κ1) is 22.5. The second kappa shape index (κ2) is 9.55. The molecule has 0 radical (unpaired) electrons. The number of carboxylic acids is 1. The third-order valence-electron chi connectivity index (χ3n) is 6.12. The number of carbonyl (C=O) groups excluding carboxylic acids is 2. The zero-order chi connectivity index (χ0) is 24.4. The van der Waals surface area contributed by atoms with Crippen LogP contribution in [-0.2, 0) is 14.3 Å². The van der Waals surface area contributed by atoms with Gasteiger partial charge in [0.25, 0.3) is 5.91 Å². The average molecular weight is 473 g/mol. The highest BCUT2D eigenvalue weighted by Gasteiger charge is 2.33. The fraction of sp³-hybridized carbons (Fsp3) is 0.231. The number of carboxylic acid groups (broad SMARTS) is 1. The second-order valence-electron chi connectivity index (χ2n) is 8.40. The maximum Gasteiger partial charge on any atom is 0.412 e. The Morgan fingerprint density at radius 2 is 1.60 bits per heavy atom. The van der Waals surface area contributed by atoms with Crippen LogP contribution in [0.2, 0.25) is 0 Å². The average Bonchev–Trinajstić information content (AvgIpc) is 3.15. The van der Waals surface area contributed by atoms with Crippen molar-refractivity contribution < 1.29 is 29.0 Å². The molecule has 5 rings (SSSR count). The van der Waals surface area contributed by atoms with E-state index in [-0.39, 0.29) is 49.1 Å². The minimum atomic E-state index is -1.05. The number of likely N-dealkylation sites (tertiary alicyclic amines) is 1. The minimum Gasteiger partial charge on any atom is -0.480 e. The van der Waals surface area contributed by atoms with E-state index in [1.807, 2.05) is 36.4 Å². The number of benzene rings is 2. The van der Waals surface area contributed by atoms with E-state index in [0.717, 1.165) is 22.3 Å². The lowest BCUT2D eigenvalue weighted by Crippen LogP contribution is -2.55. The number of nitrogens with one attached hydrogen (secondary N) is 1. The van der Waals surface area contributed by atoms with Gasteiger partial charge in [0.1, 0.15) is 24.7 Å². The van der Waals surface area contributed by atoms with Gasteiger partial charge in [-0.1, -0.05) is 54.6 Å². The van der Waals surface area contributed by atoms with Gasteiger partial charge in [0.15, 0.2) is 0 Å². The first-order valence-corrected chi connectivity index (χ1v) is 11.2. The molecule has 2 aliphatic rings. The Morgan fingerprint density at radius 1 is 0.943 bits per heavy atom. The topological polar surface area (TPSA) is 118 Å². The van der Waals surface area contributed by atoms with Crippen molar-refractivity contribution in [2.75, 3.05) is 31.6 Å². The molecule has 2 aromatic carbocycles. The Kier molecular flexibility index (Phi) is 6.15. The van der Waals surface area contributed by atoms with Crippen LogP contribution >= 0.6 is 0 Å². The maximum absolute atomic E-state index is 12.6. The van der Waals surface area contributed by atoms with Crippen molar-refractivity contribution in [3.8, 4) is 11.1 Å². The van der Waals surface area contributed by atoms with Gasteiger partial charge >= 0.3 is 12.1 Å². The van der Waals surface area contributed by atoms with Gasteiger partial charge in [-0.3, -0.25) is 10.1 Å². The molecular formula is C26H23N3O6. The molecule has 2 heterocycles. The largest absolute Gasteiger partial charge is 0.480 e. The number of aromatic nitrogens is 1. The number of amides is 2. The summed E-state index contributed by atoms with van der Waals surface area (Å²) >= 11 is 0. The van der Waals surface area contributed by atoms with Gasteiger partial charge in [0, 0.05) is 19.0 Å². The summed E-state index contributed by atoms with van der Waals surface area (Å²) in [6, 6.07) is 20.9. The molecule has 1 aromatic heterocycles. The number of pyridine rings is 1. The maximum atomic E-state index is 12.6. The molecule has 1 fully saturated rings. The summed E-state index contributed by atoms with van der Waals surface area (Å²) in [5.74, 6) is -1.23. The van der Waals surface area contributed by atoms with E-state index in [1.54, 1.807) is 18.2 Å². The van der Waals surface area contributed by atoms with E-state index < -0.39 is 18.7 Å². The van der Waals surface area contributed by atoms with Gasteiger partial charge in [-0.15, -0.1) is 0 Å². The highest BCUT2D eigenvalue weighted by atomic mass is 16.5. The van der Waals surface area contributed by atoms with Crippen LogP contribution < -0.4 is 5.32 Å². The monoisotopic (exact) mass is 473 g/mol. The Bertz CT molecular complexity index is 1240. The number of fused-ring (bicyclic) bond motifs is 3. The van der Waals surface area contributed by atoms with Crippen LogP contribution in [0.1, 0.15) is 27.5 Å². The van der Waals surface area contributed by atoms with E-state index in [9.17, 15) is 14.4 Å². The molecular weight excluding hydrogens is 450 g/mol. The Labute approximate surface area is 201 Å². The quantitative estimate of drug-likeness (QED) is 0.540. The molecule has 1 saturated heterocycles. The zero-order valence-electron chi connectivity index (χ0n) is 18.7. The van der Waals surface area contributed by atoms with E-state index in [0.29, 0.717) is 0 Å². The Balaban J connectivity index is 1.18. The number of nitrogens with zero attached hydrogens (tertiary/aromatic N) is 2. The SMILES string of the molecule is O=C(O)COC1CN(C(=O)c2cccc(NC(=O)OCC3c4ccccc4-c4ccccc43)n2)C1. The fourth-order valence-electron chi connectivity index (χ4n) is 4.42. The van der Waals surface area contributed by atoms with Gasteiger partial charge < -0.3 is 19.5 Å². The predicted octanol–water partition coefficient (Wildman–Crippen LogP) is 3.37. The number of aliphatic carboxylic acids is 1. The fourth-order valence-corrected chi connectivity index (χ4v) is 4.42. The lowest BCUT2D eigenvalue weighted by atomic mass is 9.98. The lowest BCUT2D eigenvalue weighted by Gasteiger charge is -2.38. The summed E-state index contributed by atoms with van der Waals surface area (Å²) in [4.78, 5) is 41.5. The summed E-state index contributed by atoms with van der Waals surface area (Å²) in [6.45, 7) is 0.351. The zero-order valence-corrected chi connectivity index (χ0v) is 18.7. The van der Waals surface area contributed by atoms with Crippen LogP contribution in [0.25, 0.3) is 11.1 Å². The van der Waals surface area contributed by atoms with Crippen molar-refractivity contribution in [1.82, 2.24) is 9.88 Å².